The van der Waals surface area contributed by atoms with E-state index in [1.54, 1.807) is 12.1 Å². The van der Waals surface area contributed by atoms with Gasteiger partial charge in [-0.25, -0.2) is 0 Å². The molecule has 7 heteroatoms. The number of carbonyl (C=O) groups excluding carboxylic acids is 1. The van der Waals surface area contributed by atoms with Crippen molar-refractivity contribution >= 4 is 23.2 Å². The zero-order valence-electron chi connectivity index (χ0n) is 10.4. The predicted molar refractivity (Wildman–Crippen MR) is 72.5 cm³/mol. The second-order valence-corrected chi connectivity index (χ2v) is 4.63. The number of phenolic OH excluding ortho intramolecular Hbond substituents is 1. The molecule has 0 spiro atoms. The summed E-state index contributed by atoms with van der Waals surface area (Å²) in [6.45, 7) is 0. The quantitative estimate of drug-likeness (QED) is 0.867. The Labute approximate surface area is 123 Å². The van der Waals surface area contributed by atoms with E-state index in [0.29, 0.717) is 22.8 Å². The summed E-state index contributed by atoms with van der Waals surface area (Å²) in [4.78, 5) is 11.9. The highest BCUT2D eigenvalue weighted by Crippen LogP contribution is 2.32. The molecule has 21 heavy (non-hydrogen) atoms. The van der Waals surface area contributed by atoms with Crippen LogP contribution in [0.2, 0.25) is 5.02 Å². The normalized spacial score (nSPS) is 11.2. The molecule has 0 fully saturated rings. The van der Waals surface area contributed by atoms with Crippen LogP contribution in [0.4, 0.5) is 18.9 Å². The summed E-state index contributed by atoms with van der Waals surface area (Å²) in [6, 6.07) is 8.23. The molecule has 2 aromatic carbocycles. The van der Waals surface area contributed by atoms with Gasteiger partial charge in [0.05, 0.1) is 11.1 Å². The molecule has 0 aliphatic carbocycles. The Morgan fingerprint density at radius 1 is 1.14 bits per heavy atom. The first kappa shape index (κ1) is 15.2. The number of amides is 1. The molecule has 0 atom stereocenters. The van der Waals surface area contributed by atoms with Gasteiger partial charge in [-0.1, -0.05) is 17.7 Å². The van der Waals surface area contributed by atoms with Gasteiger partial charge in [0.15, 0.2) is 0 Å². The molecule has 110 valence electrons. The van der Waals surface area contributed by atoms with Crippen molar-refractivity contribution in [2.24, 2.45) is 0 Å². The number of anilines is 1. The topological polar surface area (TPSA) is 49.3 Å². The standard InChI is InChI=1S/C14H9ClF3NO2/c15-9-2-1-3-10(7-9)19-13(21)11-6-8(14(16,17)18)4-5-12(11)20/h1-7,20H,(H,19,21). The van der Waals surface area contributed by atoms with Gasteiger partial charge in [-0.05, 0) is 36.4 Å². The molecule has 0 unspecified atom stereocenters. The summed E-state index contributed by atoms with van der Waals surface area (Å²) >= 11 is 5.74. The fraction of sp³-hybridized carbons (Fsp3) is 0.0714. The molecule has 0 aliphatic rings. The van der Waals surface area contributed by atoms with Crippen LogP contribution in [0.5, 0.6) is 5.75 Å². The van der Waals surface area contributed by atoms with E-state index in [1.165, 1.54) is 12.1 Å². The minimum Gasteiger partial charge on any atom is -0.507 e. The molecule has 2 rings (SSSR count). The number of hydrogen-bond acceptors (Lipinski definition) is 2. The Hall–Kier alpha value is -2.21. The van der Waals surface area contributed by atoms with Gasteiger partial charge in [-0.2, -0.15) is 13.2 Å². The Morgan fingerprint density at radius 3 is 2.48 bits per heavy atom. The van der Waals surface area contributed by atoms with Gasteiger partial charge in [-0.3, -0.25) is 4.79 Å². The van der Waals surface area contributed by atoms with E-state index in [-0.39, 0.29) is 0 Å². The average molecular weight is 316 g/mol. The lowest BCUT2D eigenvalue weighted by Crippen LogP contribution is -2.14. The lowest BCUT2D eigenvalue weighted by molar-refractivity contribution is -0.137. The van der Waals surface area contributed by atoms with Crippen molar-refractivity contribution in [1.82, 2.24) is 0 Å². The van der Waals surface area contributed by atoms with Gasteiger partial charge in [0, 0.05) is 10.7 Å². The number of benzene rings is 2. The number of phenols is 1. The van der Waals surface area contributed by atoms with Crippen LogP contribution in [0.25, 0.3) is 0 Å². The van der Waals surface area contributed by atoms with E-state index in [1.807, 2.05) is 0 Å². The summed E-state index contributed by atoms with van der Waals surface area (Å²) in [5, 5.41) is 12.3. The van der Waals surface area contributed by atoms with Crippen LogP contribution in [-0.4, -0.2) is 11.0 Å². The lowest BCUT2D eigenvalue weighted by atomic mass is 10.1. The molecule has 0 saturated carbocycles. The maximum atomic E-state index is 12.6. The van der Waals surface area contributed by atoms with Crippen LogP contribution in [0, 0.1) is 0 Å². The molecule has 0 aliphatic heterocycles. The number of hydrogen-bond donors (Lipinski definition) is 2. The molecule has 0 heterocycles. The number of carbonyl (C=O) groups is 1. The molecule has 0 bridgehead atoms. The summed E-state index contributed by atoms with van der Waals surface area (Å²) in [6.07, 6.45) is -4.60. The van der Waals surface area contributed by atoms with Gasteiger partial charge in [0.2, 0.25) is 0 Å². The van der Waals surface area contributed by atoms with E-state index >= 15 is 0 Å². The largest absolute Gasteiger partial charge is 0.507 e. The third-order valence-corrected chi connectivity index (χ3v) is 2.89. The van der Waals surface area contributed by atoms with Crippen molar-refractivity contribution in [3.8, 4) is 5.75 Å². The third kappa shape index (κ3) is 3.66. The van der Waals surface area contributed by atoms with Crippen LogP contribution in [0.1, 0.15) is 15.9 Å². The smallest absolute Gasteiger partial charge is 0.416 e. The van der Waals surface area contributed by atoms with Gasteiger partial charge >= 0.3 is 6.18 Å². The van der Waals surface area contributed by atoms with Crippen molar-refractivity contribution in [2.45, 2.75) is 6.18 Å². The molecule has 1 amide bonds. The minimum absolute atomic E-state index is 0.310. The van der Waals surface area contributed by atoms with Crippen molar-refractivity contribution in [1.29, 1.82) is 0 Å². The Morgan fingerprint density at radius 2 is 1.86 bits per heavy atom. The maximum absolute atomic E-state index is 12.6. The fourth-order valence-corrected chi connectivity index (χ4v) is 1.85. The van der Waals surface area contributed by atoms with Crippen molar-refractivity contribution in [2.75, 3.05) is 5.32 Å². The third-order valence-electron chi connectivity index (χ3n) is 2.65. The fourth-order valence-electron chi connectivity index (χ4n) is 1.66. The van der Waals surface area contributed by atoms with Gasteiger partial charge in [-0.15, -0.1) is 0 Å². The SMILES string of the molecule is O=C(Nc1cccc(Cl)c1)c1cc(C(F)(F)F)ccc1O. The zero-order valence-corrected chi connectivity index (χ0v) is 11.2. The number of nitrogens with one attached hydrogen (secondary N) is 1. The van der Waals surface area contributed by atoms with E-state index < -0.39 is 29.0 Å². The van der Waals surface area contributed by atoms with Gasteiger partial charge in [0.25, 0.3) is 5.91 Å². The highest BCUT2D eigenvalue weighted by atomic mass is 35.5. The molecule has 2 N–H and O–H groups in total. The highest BCUT2D eigenvalue weighted by Gasteiger charge is 2.31. The van der Waals surface area contributed by atoms with Crippen molar-refractivity contribution in [3.63, 3.8) is 0 Å². The van der Waals surface area contributed by atoms with Gasteiger partial charge in [0.1, 0.15) is 5.75 Å². The Kier molecular flexibility index (Phi) is 4.09. The van der Waals surface area contributed by atoms with Crippen LogP contribution in [0.3, 0.4) is 0 Å². The zero-order chi connectivity index (χ0) is 15.6. The molecule has 0 radical (unpaired) electrons. The number of rotatable bonds is 2. The molecule has 2 aromatic rings. The first-order valence-corrected chi connectivity index (χ1v) is 6.12. The van der Waals surface area contributed by atoms with E-state index in [2.05, 4.69) is 5.32 Å². The van der Waals surface area contributed by atoms with Crippen LogP contribution < -0.4 is 5.32 Å². The predicted octanol–water partition coefficient (Wildman–Crippen LogP) is 4.32. The summed E-state index contributed by atoms with van der Waals surface area (Å²) in [7, 11) is 0. The summed E-state index contributed by atoms with van der Waals surface area (Å²) < 4.78 is 37.8. The molecular formula is C14H9ClF3NO2. The minimum atomic E-state index is -4.60. The van der Waals surface area contributed by atoms with Crippen molar-refractivity contribution < 1.29 is 23.1 Å². The number of alkyl halides is 3. The first-order valence-electron chi connectivity index (χ1n) is 5.74. The van der Waals surface area contributed by atoms with Gasteiger partial charge < -0.3 is 10.4 Å². The monoisotopic (exact) mass is 315 g/mol. The maximum Gasteiger partial charge on any atom is 0.416 e. The molecular weight excluding hydrogens is 307 g/mol. The molecule has 0 saturated heterocycles. The number of aromatic hydroxyl groups is 1. The lowest BCUT2D eigenvalue weighted by Gasteiger charge is -2.11. The van der Waals surface area contributed by atoms with Crippen molar-refractivity contribution in [3.05, 3.63) is 58.6 Å². The molecule has 0 aromatic heterocycles. The van der Waals surface area contributed by atoms with Crippen LogP contribution in [0.15, 0.2) is 42.5 Å². The number of halogens is 4. The summed E-state index contributed by atoms with van der Waals surface area (Å²) in [5.74, 6) is -1.40. The van der Waals surface area contributed by atoms with E-state index in [9.17, 15) is 23.1 Å². The van der Waals surface area contributed by atoms with E-state index in [4.69, 9.17) is 11.6 Å². The molecule has 3 nitrogen and oxygen atoms in total. The van der Waals surface area contributed by atoms with E-state index in [0.717, 1.165) is 6.07 Å². The second-order valence-electron chi connectivity index (χ2n) is 4.19. The first-order chi connectivity index (χ1) is 9.77. The van der Waals surface area contributed by atoms with Crippen LogP contribution in [-0.2, 0) is 6.18 Å². The van der Waals surface area contributed by atoms with Crippen LogP contribution >= 0.6 is 11.6 Å². The Bertz CT molecular complexity index is 686. The highest BCUT2D eigenvalue weighted by molar-refractivity contribution is 6.31. The second kappa shape index (κ2) is 5.65. The average Bonchev–Trinajstić information content (AvgIpc) is 2.37. The summed E-state index contributed by atoms with van der Waals surface area (Å²) in [5.41, 5.74) is -1.18. The Balaban J connectivity index is 2.31.